The van der Waals surface area contributed by atoms with Crippen LogP contribution in [0.25, 0.3) is 0 Å². The van der Waals surface area contributed by atoms with Crippen molar-refractivity contribution in [3.05, 3.63) is 48.3 Å². The number of piperazine rings is 1. The molecule has 20 heavy (non-hydrogen) atoms. The monoisotopic (exact) mass is 271 g/mol. The van der Waals surface area contributed by atoms with Crippen molar-refractivity contribution in [3.8, 4) is 0 Å². The minimum Gasteiger partial charge on any atom is -0.336 e. The van der Waals surface area contributed by atoms with Gasteiger partial charge in [0.25, 0.3) is 5.91 Å². The Morgan fingerprint density at radius 2 is 2.35 bits per heavy atom. The summed E-state index contributed by atoms with van der Waals surface area (Å²) in [6.45, 7) is 2.19. The van der Waals surface area contributed by atoms with E-state index in [2.05, 4.69) is 15.3 Å². The van der Waals surface area contributed by atoms with Gasteiger partial charge in [-0.05, 0) is 12.1 Å². The maximum absolute atomic E-state index is 12.6. The van der Waals surface area contributed by atoms with Gasteiger partial charge >= 0.3 is 0 Å². The minimum atomic E-state index is -0.0449. The lowest BCUT2D eigenvalue weighted by atomic mass is 10.1. The van der Waals surface area contributed by atoms with E-state index < -0.39 is 0 Å². The largest absolute Gasteiger partial charge is 0.336 e. The van der Waals surface area contributed by atoms with Crippen LogP contribution in [0.15, 0.2) is 36.9 Å². The number of hydrogen-bond acceptors (Lipinski definition) is 4. The highest BCUT2D eigenvalue weighted by Crippen LogP contribution is 2.22. The predicted octanol–water partition coefficient (Wildman–Crippen LogP) is 0.602. The van der Waals surface area contributed by atoms with E-state index in [4.69, 9.17) is 0 Å². The van der Waals surface area contributed by atoms with Gasteiger partial charge in [-0.2, -0.15) is 0 Å². The SMILES string of the molecule is Cn1ccnc1C1CNCCN1C(=O)c1cccnc1. The van der Waals surface area contributed by atoms with Crippen molar-refractivity contribution in [1.82, 2.24) is 24.8 Å². The van der Waals surface area contributed by atoms with Crippen molar-refractivity contribution < 1.29 is 4.79 Å². The molecule has 6 nitrogen and oxygen atoms in total. The number of aromatic nitrogens is 3. The standard InChI is InChI=1S/C14H17N5O/c1-18-7-6-17-13(18)12-10-16-5-8-19(12)14(20)11-3-2-4-15-9-11/h2-4,6-7,9,12,16H,5,8,10H2,1H3. The summed E-state index contributed by atoms with van der Waals surface area (Å²) in [7, 11) is 1.95. The van der Waals surface area contributed by atoms with Gasteiger partial charge in [-0.25, -0.2) is 4.98 Å². The van der Waals surface area contributed by atoms with Crippen LogP contribution < -0.4 is 5.32 Å². The summed E-state index contributed by atoms with van der Waals surface area (Å²) in [5.74, 6) is 0.905. The number of hydrogen-bond donors (Lipinski definition) is 1. The Balaban J connectivity index is 1.90. The molecule has 1 amide bonds. The number of carbonyl (C=O) groups excluding carboxylic acids is 1. The van der Waals surface area contributed by atoms with Crippen molar-refractivity contribution >= 4 is 5.91 Å². The summed E-state index contributed by atoms with van der Waals surface area (Å²) in [4.78, 5) is 22.9. The van der Waals surface area contributed by atoms with E-state index in [0.29, 0.717) is 12.1 Å². The summed E-state index contributed by atoms with van der Waals surface area (Å²) in [6.07, 6.45) is 6.94. The zero-order chi connectivity index (χ0) is 13.9. The summed E-state index contributed by atoms with van der Waals surface area (Å²) < 4.78 is 1.96. The molecule has 2 aromatic rings. The Kier molecular flexibility index (Phi) is 3.47. The van der Waals surface area contributed by atoms with Gasteiger partial charge in [0.15, 0.2) is 0 Å². The molecule has 1 atom stereocenters. The first-order valence-electron chi connectivity index (χ1n) is 6.66. The normalized spacial score (nSPS) is 19.1. The van der Waals surface area contributed by atoms with E-state index in [0.717, 1.165) is 18.9 Å². The molecule has 1 fully saturated rings. The van der Waals surface area contributed by atoms with E-state index in [9.17, 15) is 4.79 Å². The third kappa shape index (κ3) is 2.30. The molecule has 3 heterocycles. The van der Waals surface area contributed by atoms with Crippen LogP contribution in [0.1, 0.15) is 22.2 Å². The second-order valence-corrected chi connectivity index (χ2v) is 4.86. The Hall–Kier alpha value is -2.21. The topological polar surface area (TPSA) is 63.1 Å². The third-order valence-corrected chi connectivity index (χ3v) is 3.57. The molecule has 1 aliphatic heterocycles. The Morgan fingerprint density at radius 1 is 1.45 bits per heavy atom. The molecule has 0 aliphatic carbocycles. The third-order valence-electron chi connectivity index (χ3n) is 3.57. The van der Waals surface area contributed by atoms with Crippen molar-refractivity contribution in [1.29, 1.82) is 0 Å². The first-order valence-corrected chi connectivity index (χ1v) is 6.66. The Labute approximate surface area is 117 Å². The van der Waals surface area contributed by atoms with E-state index >= 15 is 0 Å². The average Bonchev–Trinajstić information content (AvgIpc) is 2.93. The lowest BCUT2D eigenvalue weighted by Crippen LogP contribution is -2.49. The molecule has 1 unspecified atom stereocenters. The zero-order valence-electron chi connectivity index (χ0n) is 11.4. The average molecular weight is 271 g/mol. The molecule has 1 aliphatic rings. The van der Waals surface area contributed by atoms with Crippen LogP contribution in [0.4, 0.5) is 0 Å². The van der Waals surface area contributed by atoms with Crippen LogP contribution in [-0.2, 0) is 7.05 Å². The highest BCUT2D eigenvalue weighted by Gasteiger charge is 2.30. The quantitative estimate of drug-likeness (QED) is 0.869. The molecule has 3 rings (SSSR count). The smallest absolute Gasteiger partial charge is 0.256 e. The highest BCUT2D eigenvalue weighted by molar-refractivity contribution is 5.94. The summed E-state index contributed by atoms with van der Waals surface area (Å²) in [6, 6.07) is 3.54. The van der Waals surface area contributed by atoms with Gasteiger partial charge in [0.2, 0.25) is 0 Å². The number of imidazole rings is 1. The fourth-order valence-corrected chi connectivity index (χ4v) is 2.53. The first-order chi connectivity index (χ1) is 9.77. The van der Waals surface area contributed by atoms with E-state index in [1.807, 2.05) is 22.7 Å². The molecule has 6 heteroatoms. The summed E-state index contributed by atoms with van der Waals surface area (Å²) in [5, 5.41) is 3.32. The second-order valence-electron chi connectivity index (χ2n) is 4.86. The lowest BCUT2D eigenvalue weighted by Gasteiger charge is -2.35. The molecule has 0 aromatic carbocycles. The number of amides is 1. The van der Waals surface area contributed by atoms with Gasteiger partial charge in [-0.1, -0.05) is 0 Å². The van der Waals surface area contributed by atoms with Gasteiger partial charge < -0.3 is 14.8 Å². The van der Waals surface area contributed by atoms with E-state index in [1.54, 1.807) is 30.7 Å². The fourth-order valence-electron chi connectivity index (χ4n) is 2.53. The van der Waals surface area contributed by atoms with Crippen molar-refractivity contribution in [2.24, 2.45) is 7.05 Å². The van der Waals surface area contributed by atoms with Gasteiger partial charge in [0.05, 0.1) is 5.56 Å². The van der Waals surface area contributed by atoms with Crippen molar-refractivity contribution in [2.45, 2.75) is 6.04 Å². The number of rotatable bonds is 2. The number of nitrogens with one attached hydrogen (secondary N) is 1. The molecule has 0 bridgehead atoms. The lowest BCUT2D eigenvalue weighted by molar-refractivity contribution is 0.0620. The Bertz CT molecular complexity index is 595. The maximum atomic E-state index is 12.6. The van der Waals surface area contributed by atoms with E-state index in [1.165, 1.54) is 0 Å². The molecular formula is C14H17N5O. The van der Waals surface area contributed by atoms with Crippen LogP contribution in [-0.4, -0.2) is 45.0 Å². The van der Waals surface area contributed by atoms with Crippen molar-refractivity contribution in [2.75, 3.05) is 19.6 Å². The highest BCUT2D eigenvalue weighted by atomic mass is 16.2. The molecule has 0 saturated carbocycles. The van der Waals surface area contributed by atoms with Gasteiger partial charge in [0.1, 0.15) is 11.9 Å². The van der Waals surface area contributed by atoms with Crippen LogP contribution >= 0.6 is 0 Å². The van der Waals surface area contributed by atoms with Gasteiger partial charge in [-0.15, -0.1) is 0 Å². The van der Waals surface area contributed by atoms with Gasteiger partial charge in [-0.3, -0.25) is 9.78 Å². The number of pyridine rings is 1. The Morgan fingerprint density at radius 3 is 3.05 bits per heavy atom. The van der Waals surface area contributed by atoms with Crippen LogP contribution in [0.3, 0.4) is 0 Å². The molecule has 1 N–H and O–H groups in total. The number of carbonyl (C=O) groups is 1. The molecular weight excluding hydrogens is 254 g/mol. The van der Waals surface area contributed by atoms with Gasteiger partial charge in [0, 0.05) is 51.5 Å². The minimum absolute atomic E-state index is 0.00704. The van der Waals surface area contributed by atoms with E-state index in [-0.39, 0.29) is 11.9 Å². The summed E-state index contributed by atoms with van der Waals surface area (Å²) >= 11 is 0. The fraction of sp³-hybridized carbons (Fsp3) is 0.357. The van der Waals surface area contributed by atoms with Crippen molar-refractivity contribution in [3.63, 3.8) is 0 Å². The molecule has 0 spiro atoms. The van der Waals surface area contributed by atoms with Crippen LogP contribution in [0, 0.1) is 0 Å². The molecule has 1 saturated heterocycles. The maximum Gasteiger partial charge on any atom is 0.256 e. The first kappa shape index (κ1) is 12.8. The zero-order valence-corrected chi connectivity index (χ0v) is 11.4. The number of aryl methyl sites for hydroxylation is 1. The van der Waals surface area contributed by atoms with Crippen LogP contribution in [0.2, 0.25) is 0 Å². The summed E-state index contributed by atoms with van der Waals surface area (Å²) in [5.41, 5.74) is 0.619. The second kappa shape index (κ2) is 5.42. The molecule has 2 aromatic heterocycles. The molecule has 104 valence electrons. The number of nitrogens with zero attached hydrogens (tertiary/aromatic N) is 4. The van der Waals surface area contributed by atoms with Crippen LogP contribution in [0.5, 0.6) is 0 Å². The predicted molar refractivity (Wildman–Crippen MR) is 74.1 cm³/mol. The molecule has 0 radical (unpaired) electrons.